The predicted molar refractivity (Wildman–Crippen MR) is 192 cm³/mol. The van der Waals surface area contributed by atoms with Gasteiger partial charge in [0.25, 0.3) is 5.56 Å². The summed E-state index contributed by atoms with van der Waals surface area (Å²) in [5.41, 5.74) is 5.56. The molecular weight excluding hydrogens is 665 g/mol. The van der Waals surface area contributed by atoms with E-state index in [1.165, 1.54) is 0 Å². The van der Waals surface area contributed by atoms with Gasteiger partial charge in [0.2, 0.25) is 11.8 Å². The monoisotopic (exact) mass is 703 g/mol. The Morgan fingerprint density at radius 1 is 0.980 bits per heavy atom. The van der Waals surface area contributed by atoms with Crippen LogP contribution >= 0.6 is 23.2 Å². The van der Waals surface area contributed by atoms with Crippen LogP contribution in [-0.4, -0.2) is 64.5 Å². The Balaban J connectivity index is 1.27. The van der Waals surface area contributed by atoms with Gasteiger partial charge in [-0.15, -0.1) is 0 Å². The average molecular weight is 705 g/mol. The summed E-state index contributed by atoms with van der Waals surface area (Å²) < 4.78 is 14.1. The normalized spacial score (nSPS) is 15.1. The van der Waals surface area contributed by atoms with Gasteiger partial charge in [0.15, 0.2) is 0 Å². The van der Waals surface area contributed by atoms with E-state index in [0.29, 0.717) is 65.6 Å². The van der Waals surface area contributed by atoms with Crippen LogP contribution in [0.25, 0.3) is 39.0 Å². The summed E-state index contributed by atoms with van der Waals surface area (Å²) in [4.78, 5) is 29.6. The zero-order chi connectivity index (χ0) is 34.7. The fourth-order valence-electron chi connectivity index (χ4n) is 5.99. The number of rotatable bonds is 13. The summed E-state index contributed by atoms with van der Waals surface area (Å²) in [7, 11) is 4.97. The van der Waals surface area contributed by atoms with Crippen molar-refractivity contribution >= 4 is 34.6 Å². The molecule has 2 aromatic carbocycles. The van der Waals surface area contributed by atoms with Gasteiger partial charge in [0.05, 0.1) is 35.5 Å². The lowest BCUT2D eigenvalue weighted by Gasteiger charge is -2.15. The van der Waals surface area contributed by atoms with E-state index in [1.807, 2.05) is 61.7 Å². The lowest BCUT2D eigenvalue weighted by Crippen LogP contribution is -2.35. The third-order valence-electron chi connectivity index (χ3n) is 8.85. The van der Waals surface area contributed by atoms with Gasteiger partial charge < -0.3 is 25.4 Å². The number of methoxy groups -OCH3 is 2. The molecule has 3 N–H and O–H groups in total. The first-order chi connectivity index (χ1) is 23.7. The second-order valence-corrected chi connectivity index (χ2v) is 12.9. The molecule has 4 heterocycles. The third kappa shape index (κ3) is 7.36. The molecule has 0 unspecified atom stereocenters. The van der Waals surface area contributed by atoms with Crippen molar-refractivity contribution in [2.75, 3.05) is 27.3 Å². The van der Waals surface area contributed by atoms with E-state index >= 15 is 0 Å². The van der Waals surface area contributed by atoms with Crippen LogP contribution in [0.3, 0.4) is 0 Å². The first kappa shape index (κ1) is 34.6. The Bertz CT molecular complexity index is 2060. The SMILES string of the molecule is COc1nc(-c2cccc(-c3cccc(-c4cc5c(=O)n(C)c(CNC[C@@H](C)OC)nn5c4)c3Cl)c2Cl)ccc1CNC[C@@H]1CCC(=O)N1. The topological polar surface area (TPSA) is 124 Å². The largest absolute Gasteiger partial charge is 0.481 e. The fraction of sp³-hybridized carbons (Fsp3) is 0.333. The summed E-state index contributed by atoms with van der Waals surface area (Å²) in [6.07, 6.45) is 3.25. The number of benzene rings is 2. The van der Waals surface area contributed by atoms with Crippen molar-refractivity contribution in [1.82, 2.24) is 35.1 Å². The number of carbonyl (C=O) groups excluding carboxylic acids is 1. The molecule has 1 fully saturated rings. The molecule has 6 rings (SSSR count). The van der Waals surface area contributed by atoms with Gasteiger partial charge in [-0.25, -0.2) is 9.50 Å². The summed E-state index contributed by atoms with van der Waals surface area (Å²) in [6.45, 7) is 4.22. The minimum Gasteiger partial charge on any atom is -0.481 e. The number of hydrogen-bond acceptors (Lipinski definition) is 8. The number of nitrogens with zero attached hydrogens (tertiary/aromatic N) is 4. The molecule has 2 atom stereocenters. The summed E-state index contributed by atoms with van der Waals surface area (Å²) >= 11 is 14.2. The highest BCUT2D eigenvalue weighted by atomic mass is 35.5. The van der Waals surface area contributed by atoms with Gasteiger partial charge in [-0.2, -0.15) is 5.10 Å². The zero-order valence-electron chi connectivity index (χ0n) is 27.8. The Morgan fingerprint density at radius 2 is 1.69 bits per heavy atom. The molecule has 1 aliphatic heterocycles. The van der Waals surface area contributed by atoms with Gasteiger partial charge in [0.1, 0.15) is 11.3 Å². The minimum absolute atomic E-state index is 0.0363. The van der Waals surface area contributed by atoms with E-state index in [-0.39, 0.29) is 23.6 Å². The van der Waals surface area contributed by atoms with Crippen molar-refractivity contribution in [3.05, 3.63) is 92.6 Å². The second kappa shape index (κ2) is 15.1. The van der Waals surface area contributed by atoms with Crippen molar-refractivity contribution in [1.29, 1.82) is 0 Å². The van der Waals surface area contributed by atoms with Crippen LogP contribution in [0.5, 0.6) is 5.88 Å². The molecule has 0 bridgehead atoms. The Hall–Kier alpha value is -4.26. The van der Waals surface area contributed by atoms with E-state index in [4.69, 9.17) is 42.8 Å². The maximum Gasteiger partial charge on any atom is 0.277 e. The Morgan fingerprint density at radius 3 is 2.39 bits per heavy atom. The van der Waals surface area contributed by atoms with Gasteiger partial charge in [0, 0.05) is 85.8 Å². The van der Waals surface area contributed by atoms with Crippen LogP contribution in [0.2, 0.25) is 10.0 Å². The number of hydrogen-bond donors (Lipinski definition) is 3. The molecule has 1 amide bonds. The summed E-state index contributed by atoms with van der Waals surface area (Å²) in [5, 5.41) is 15.3. The van der Waals surface area contributed by atoms with Crippen molar-refractivity contribution in [2.24, 2.45) is 7.05 Å². The lowest BCUT2D eigenvalue weighted by molar-refractivity contribution is -0.119. The van der Waals surface area contributed by atoms with E-state index in [0.717, 1.165) is 39.8 Å². The smallest absolute Gasteiger partial charge is 0.277 e. The van der Waals surface area contributed by atoms with E-state index in [2.05, 4.69) is 16.0 Å². The molecule has 0 spiro atoms. The van der Waals surface area contributed by atoms with Gasteiger partial charge in [-0.3, -0.25) is 14.2 Å². The van der Waals surface area contributed by atoms with Gasteiger partial charge >= 0.3 is 0 Å². The minimum atomic E-state index is -0.159. The molecule has 11 nitrogen and oxygen atoms in total. The number of halogens is 2. The standard InChI is InChI=1S/C36H39Cl2N7O4/c1-21(48-3)16-39-19-31-43-45-20-23(15-30(45)36(47)44(31)2)25-7-5-8-26(33(25)37)27-9-6-10-28(34(27)38)29-13-11-22(35(42-29)49-4)17-40-18-24-12-14-32(46)41-24/h5-11,13,15,20-21,24,39-40H,12,14,16-19H2,1-4H3,(H,41,46)/t21-,24+/m1/s1. The van der Waals surface area contributed by atoms with Crippen molar-refractivity contribution in [3.8, 4) is 39.4 Å². The molecular formula is C36H39Cl2N7O4. The number of ether oxygens (including phenoxy) is 2. The molecule has 256 valence electrons. The number of fused-ring (bicyclic) bond motifs is 1. The number of aromatic nitrogens is 4. The molecule has 1 aliphatic rings. The highest BCUT2D eigenvalue weighted by molar-refractivity contribution is 6.39. The molecule has 0 aliphatic carbocycles. The highest BCUT2D eigenvalue weighted by Gasteiger charge is 2.21. The molecule has 3 aromatic heterocycles. The second-order valence-electron chi connectivity index (χ2n) is 12.1. The van der Waals surface area contributed by atoms with E-state index in [9.17, 15) is 9.59 Å². The quantitative estimate of drug-likeness (QED) is 0.152. The van der Waals surface area contributed by atoms with Crippen molar-refractivity contribution < 1.29 is 14.3 Å². The van der Waals surface area contributed by atoms with Crippen LogP contribution in [0.15, 0.2) is 65.6 Å². The Kier molecular flexibility index (Phi) is 10.7. The average Bonchev–Trinajstić information content (AvgIpc) is 3.73. The summed E-state index contributed by atoms with van der Waals surface area (Å²) in [6, 6.07) is 17.3. The molecule has 5 aromatic rings. The van der Waals surface area contributed by atoms with Crippen molar-refractivity contribution in [2.45, 2.75) is 45.0 Å². The van der Waals surface area contributed by atoms with E-state index in [1.54, 1.807) is 36.4 Å². The van der Waals surface area contributed by atoms with Crippen LogP contribution in [0.1, 0.15) is 31.2 Å². The first-order valence-electron chi connectivity index (χ1n) is 16.1. The van der Waals surface area contributed by atoms with E-state index < -0.39 is 0 Å². The molecule has 49 heavy (non-hydrogen) atoms. The number of nitrogens with one attached hydrogen (secondary N) is 3. The summed E-state index contributed by atoms with van der Waals surface area (Å²) in [5.74, 6) is 1.18. The van der Waals surface area contributed by atoms with Crippen LogP contribution in [-0.2, 0) is 29.7 Å². The first-order valence-corrected chi connectivity index (χ1v) is 16.9. The maximum absolute atomic E-state index is 13.3. The lowest BCUT2D eigenvalue weighted by atomic mass is 9.97. The molecule has 1 saturated heterocycles. The maximum atomic E-state index is 13.3. The molecule has 0 radical (unpaired) electrons. The fourth-order valence-corrected chi connectivity index (χ4v) is 6.65. The van der Waals surface area contributed by atoms with Crippen LogP contribution in [0, 0.1) is 0 Å². The van der Waals surface area contributed by atoms with Gasteiger partial charge in [-0.1, -0.05) is 65.7 Å². The zero-order valence-corrected chi connectivity index (χ0v) is 29.4. The highest BCUT2D eigenvalue weighted by Crippen LogP contribution is 2.42. The van der Waals surface area contributed by atoms with Gasteiger partial charge in [-0.05, 0) is 25.5 Å². The Labute approximate surface area is 294 Å². The predicted octanol–water partition coefficient (Wildman–Crippen LogP) is 5.24. The number of amides is 1. The van der Waals surface area contributed by atoms with Crippen LogP contribution in [0.4, 0.5) is 0 Å². The number of carbonyl (C=O) groups is 1. The number of pyridine rings is 1. The molecule has 13 heteroatoms. The van der Waals surface area contributed by atoms with Crippen molar-refractivity contribution in [3.63, 3.8) is 0 Å². The molecule has 0 saturated carbocycles. The third-order valence-corrected chi connectivity index (χ3v) is 9.66. The van der Waals surface area contributed by atoms with Crippen LogP contribution < -0.4 is 26.2 Å².